The lowest BCUT2D eigenvalue weighted by Crippen LogP contribution is -2.14. The first-order valence-corrected chi connectivity index (χ1v) is 12.5. The molecule has 3 heterocycles. The second kappa shape index (κ2) is 10.2. The van der Waals surface area contributed by atoms with E-state index in [0.717, 1.165) is 42.8 Å². The van der Waals surface area contributed by atoms with Gasteiger partial charge in [-0.05, 0) is 62.6 Å². The number of hydrogen-bond acceptors (Lipinski definition) is 8. The molecule has 5 rings (SSSR count). The number of aliphatic hydroxyl groups excluding tert-OH is 1. The fraction of sp³-hybridized carbons (Fsp3) is 0.444. The molecule has 36 heavy (non-hydrogen) atoms. The lowest BCUT2D eigenvalue weighted by molar-refractivity contribution is -0.117. The van der Waals surface area contributed by atoms with Gasteiger partial charge in [-0.1, -0.05) is 6.92 Å². The number of rotatable bonds is 11. The molecule has 0 aromatic carbocycles. The largest absolute Gasteiger partial charge is 0.475 e. The van der Waals surface area contributed by atoms with E-state index in [1.54, 1.807) is 24.4 Å². The van der Waals surface area contributed by atoms with E-state index < -0.39 is 0 Å². The maximum absolute atomic E-state index is 12.2. The summed E-state index contributed by atoms with van der Waals surface area (Å²) in [5.74, 6) is 1.32. The zero-order valence-electron chi connectivity index (χ0n) is 20.8. The third kappa shape index (κ3) is 5.96. The minimum absolute atomic E-state index is 0.0111. The minimum Gasteiger partial charge on any atom is -0.475 e. The van der Waals surface area contributed by atoms with Crippen LogP contribution in [0.1, 0.15) is 44.7 Å². The molecule has 3 aromatic rings. The predicted octanol–water partition coefficient (Wildman–Crippen LogP) is 4.23. The van der Waals surface area contributed by atoms with Crippen molar-refractivity contribution in [1.82, 2.24) is 19.9 Å². The van der Waals surface area contributed by atoms with Gasteiger partial charge in [-0.3, -0.25) is 9.78 Å². The third-order valence-corrected chi connectivity index (χ3v) is 6.79. The second-order valence-electron chi connectivity index (χ2n) is 10.0. The van der Waals surface area contributed by atoms with Crippen molar-refractivity contribution in [3.63, 3.8) is 0 Å². The molecular weight excluding hydrogens is 456 g/mol. The Bertz CT molecular complexity index is 1260. The van der Waals surface area contributed by atoms with Crippen molar-refractivity contribution in [1.29, 1.82) is 0 Å². The summed E-state index contributed by atoms with van der Waals surface area (Å²) in [5, 5.41) is 15.6. The van der Waals surface area contributed by atoms with Crippen LogP contribution in [0.2, 0.25) is 0 Å². The van der Waals surface area contributed by atoms with E-state index in [2.05, 4.69) is 32.5 Å². The number of aromatic nitrogens is 4. The van der Waals surface area contributed by atoms with Crippen LogP contribution in [-0.4, -0.2) is 50.7 Å². The molecule has 188 valence electrons. The Kier molecular flexibility index (Phi) is 6.82. The van der Waals surface area contributed by atoms with Crippen molar-refractivity contribution < 1.29 is 14.6 Å². The van der Waals surface area contributed by atoms with Gasteiger partial charge in [0.05, 0.1) is 24.2 Å². The van der Waals surface area contributed by atoms with Crippen LogP contribution in [0.5, 0.6) is 5.88 Å². The summed E-state index contributed by atoms with van der Waals surface area (Å²) in [5.41, 5.74) is 4.48. The molecule has 0 aliphatic heterocycles. The smallest absolute Gasteiger partial charge is 0.228 e. The third-order valence-electron chi connectivity index (χ3n) is 6.79. The Balaban J connectivity index is 1.44. The molecule has 2 aliphatic carbocycles. The highest BCUT2D eigenvalue weighted by atomic mass is 16.5. The van der Waals surface area contributed by atoms with Crippen molar-refractivity contribution in [3.8, 4) is 28.5 Å². The molecule has 2 fully saturated rings. The standard InChI is InChI=1S/C27H32N6O3/c1-17-21(14-20(16-30-17)28-10-8-27(2)6-7-27)22-15-24(36-12-11-34)33-25(31-22)19-5-9-29-23(13-19)32-26(35)18-3-4-18/h5,9,13-16,18,28,34H,3-4,6-8,10-12H2,1-2H3,(H,29,32,35). The van der Waals surface area contributed by atoms with Gasteiger partial charge in [0.25, 0.3) is 0 Å². The van der Waals surface area contributed by atoms with Gasteiger partial charge in [-0.2, -0.15) is 4.98 Å². The van der Waals surface area contributed by atoms with Gasteiger partial charge in [0.15, 0.2) is 5.82 Å². The molecule has 3 N–H and O–H groups in total. The van der Waals surface area contributed by atoms with E-state index >= 15 is 0 Å². The number of anilines is 2. The lowest BCUT2D eigenvalue weighted by Gasteiger charge is -2.14. The van der Waals surface area contributed by atoms with Crippen molar-refractivity contribution in [2.75, 3.05) is 30.4 Å². The topological polar surface area (TPSA) is 122 Å². The minimum atomic E-state index is -0.125. The summed E-state index contributed by atoms with van der Waals surface area (Å²) in [6, 6.07) is 7.36. The van der Waals surface area contributed by atoms with Gasteiger partial charge in [0, 0.05) is 41.5 Å². The van der Waals surface area contributed by atoms with Crippen LogP contribution in [0.15, 0.2) is 36.7 Å². The molecule has 0 bridgehead atoms. The normalized spacial score (nSPS) is 15.9. The molecule has 0 radical (unpaired) electrons. The van der Waals surface area contributed by atoms with Gasteiger partial charge in [0.1, 0.15) is 12.4 Å². The van der Waals surface area contributed by atoms with Crippen molar-refractivity contribution >= 4 is 17.4 Å². The van der Waals surface area contributed by atoms with Gasteiger partial charge >= 0.3 is 0 Å². The average molecular weight is 489 g/mol. The van der Waals surface area contributed by atoms with Crippen molar-refractivity contribution in [3.05, 3.63) is 42.4 Å². The van der Waals surface area contributed by atoms with E-state index in [0.29, 0.717) is 34.2 Å². The number of pyridine rings is 2. The number of aryl methyl sites for hydroxylation is 1. The summed E-state index contributed by atoms with van der Waals surface area (Å²) < 4.78 is 5.67. The molecule has 0 saturated heterocycles. The maximum atomic E-state index is 12.2. The second-order valence-corrected chi connectivity index (χ2v) is 10.0. The molecule has 9 heteroatoms. The number of ether oxygens (including phenoxy) is 1. The van der Waals surface area contributed by atoms with E-state index in [1.165, 1.54) is 12.8 Å². The molecule has 1 amide bonds. The first-order chi connectivity index (χ1) is 17.4. The van der Waals surface area contributed by atoms with E-state index in [-0.39, 0.29) is 25.0 Å². The lowest BCUT2D eigenvalue weighted by atomic mass is 10.1. The highest BCUT2D eigenvalue weighted by molar-refractivity contribution is 5.93. The summed E-state index contributed by atoms with van der Waals surface area (Å²) >= 11 is 0. The highest BCUT2D eigenvalue weighted by Crippen LogP contribution is 2.47. The summed E-state index contributed by atoms with van der Waals surface area (Å²) in [6.45, 7) is 5.16. The number of carbonyl (C=O) groups is 1. The Labute approximate surface area is 210 Å². The van der Waals surface area contributed by atoms with Crippen LogP contribution in [0, 0.1) is 18.3 Å². The predicted molar refractivity (Wildman–Crippen MR) is 138 cm³/mol. The number of amides is 1. The number of aliphatic hydroxyl groups is 1. The first-order valence-electron chi connectivity index (χ1n) is 12.5. The molecular formula is C27H32N6O3. The fourth-order valence-electron chi connectivity index (χ4n) is 3.99. The first kappa shape index (κ1) is 24.1. The van der Waals surface area contributed by atoms with E-state index in [4.69, 9.17) is 9.72 Å². The van der Waals surface area contributed by atoms with Gasteiger partial charge in [0.2, 0.25) is 11.8 Å². The Hall–Kier alpha value is -3.59. The van der Waals surface area contributed by atoms with Gasteiger partial charge in [-0.25, -0.2) is 9.97 Å². The number of nitrogens with zero attached hydrogens (tertiary/aromatic N) is 4. The van der Waals surface area contributed by atoms with Gasteiger partial charge < -0.3 is 20.5 Å². The highest BCUT2D eigenvalue weighted by Gasteiger charge is 2.36. The molecule has 9 nitrogen and oxygen atoms in total. The molecule has 0 atom stereocenters. The van der Waals surface area contributed by atoms with Crippen LogP contribution >= 0.6 is 0 Å². The summed E-state index contributed by atoms with van der Waals surface area (Å²) in [6.07, 6.45) is 9.04. The van der Waals surface area contributed by atoms with Crippen LogP contribution < -0.4 is 15.4 Å². The Morgan fingerprint density at radius 1 is 1.19 bits per heavy atom. The maximum Gasteiger partial charge on any atom is 0.228 e. The molecule has 0 spiro atoms. The number of nitrogens with one attached hydrogen (secondary N) is 2. The van der Waals surface area contributed by atoms with E-state index in [9.17, 15) is 9.90 Å². The summed E-state index contributed by atoms with van der Waals surface area (Å²) in [7, 11) is 0. The monoisotopic (exact) mass is 488 g/mol. The molecule has 2 aliphatic rings. The van der Waals surface area contributed by atoms with E-state index in [1.807, 2.05) is 19.2 Å². The zero-order chi connectivity index (χ0) is 25.1. The molecule has 0 unspecified atom stereocenters. The van der Waals surface area contributed by atoms with Crippen LogP contribution in [0.4, 0.5) is 11.5 Å². The van der Waals surface area contributed by atoms with Crippen molar-refractivity contribution in [2.24, 2.45) is 11.3 Å². The van der Waals surface area contributed by atoms with Crippen LogP contribution in [0.25, 0.3) is 22.6 Å². The number of hydrogen-bond donors (Lipinski definition) is 3. The number of carbonyl (C=O) groups excluding carboxylic acids is 1. The molecule has 2 saturated carbocycles. The Morgan fingerprint density at radius 2 is 2.03 bits per heavy atom. The molecule has 3 aromatic heterocycles. The SMILES string of the molecule is Cc1ncc(NCCC2(C)CC2)cc1-c1cc(OCCO)nc(-c2ccnc(NC(=O)C3CC3)c2)n1. The summed E-state index contributed by atoms with van der Waals surface area (Å²) in [4.78, 5) is 30.4. The van der Waals surface area contributed by atoms with Gasteiger partial charge in [-0.15, -0.1) is 0 Å². The zero-order valence-corrected chi connectivity index (χ0v) is 20.8. The average Bonchev–Trinajstić information content (AvgIpc) is 3.81. The van der Waals surface area contributed by atoms with Crippen LogP contribution in [0.3, 0.4) is 0 Å². The van der Waals surface area contributed by atoms with Crippen LogP contribution in [-0.2, 0) is 4.79 Å². The Morgan fingerprint density at radius 3 is 2.78 bits per heavy atom. The quantitative estimate of drug-likeness (QED) is 0.367. The van der Waals surface area contributed by atoms with Crippen molar-refractivity contribution in [2.45, 2.75) is 46.0 Å². The fourth-order valence-corrected chi connectivity index (χ4v) is 3.99.